The number of carbonyl (C=O) groups is 1. The lowest BCUT2D eigenvalue weighted by atomic mass is 10.1. The van der Waals surface area contributed by atoms with E-state index in [1.807, 2.05) is 35.7 Å². The quantitative estimate of drug-likeness (QED) is 0.682. The first kappa shape index (κ1) is 13.3. The van der Waals surface area contributed by atoms with Gasteiger partial charge < -0.3 is 4.74 Å². The molecule has 0 N–H and O–H groups in total. The molecule has 102 valence electrons. The highest BCUT2D eigenvalue weighted by atomic mass is 32.1. The molecule has 0 radical (unpaired) electrons. The molecule has 0 saturated carbocycles. The Kier molecular flexibility index (Phi) is 3.67. The van der Waals surface area contributed by atoms with Crippen molar-refractivity contribution < 1.29 is 9.53 Å². The molecule has 0 aliphatic heterocycles. The molecular formula is C17H11NO2S. The van der Waals surface area contributed by atoms with Crippen molar-refractivity contribution in [2.45, 2.75) is 6.61 Å². The van der Waals surface area contributed by atoms with Crippen molar-refractivity contribution in [3.8, 4) is 6.07 Å². The largest absolute Gasteiger partial charge is 0.457 e. The Bertz CT molecular complexity index is 828. The number of nitrogens with zero attached hydrogens (tertiary/aromatic N) is 1. The zero-order chi connectivity index (χ0) is 14.7. The van der Waals surface area contributed by atoms with Gasteiger partial charge in [-0.25, -0.2) is 4.79 Å². The van der Waals surface area contributed by atoms with Gasteiger partial charge in [-0.15, -0.1) is 11.3 Å². The molecule has 21 heavy (non-hydrogen) atoms. The zero-order valence-electron chi connectivity index (χ0n) is 11.1. The monoisotopic (exact) mass is 293 g/mol. The van der Waals surface area contributed by atoms with Gasteiger partial charge in [0.2, 0.25) is 0 Å². The molecule has 0 unspecified atom stereocenters. The summed E-state index contributed by atoms with van der Waals surface area (Å²) in [5, 5.41) is 11.9. The molecule has 3 rings (SSSR count). The topological polar surface area (TPSA) is 50.1 Å². The molecule has 1 heterocycles. The molecule has 3 nitrogen and oxygen atoms in total. The Balaban J connectivity index is 1.72. The minimum atomic E-state index is -0.380. The summed E-state index contributed by atoms with van der Waals surface area (Å²) in [4.78, 5) is 12.0. The van der Waals surface area contributed by atoms with E-state index in [9.17, 15) is 4.79 Å². The molecule has 0 atom stereocenters. The molecule has 1 aromatic heterocycles. The fourth-order valence-corrected chi connectivity index (χ4v) is 3.00. The molecule has 4 heteroatoms. The molecule has 0 aliphatic rings. The predicted octanol–water partition coefficient (Wildman–Crippen LogP) is 4.13. The Morgan fingerprint density at radius 1 is 1.14 bits per heavy atom. The molecule has 0 bridgehead atoms. The van der Waals surface area contributed by atoms with E-state index in [1.165, 1.54) is 4.70 Å². The van der Waals surface area contributed by atoms with Gasteiger partial charge in [0.1, 0.15) is 6.61 Å². The first-order valence-corrected chi connectivity index (χ1v) is 7.28. The first-order valence-electron chi connectivity index (χ1n) is 6.40. The lowest BCUT2D eigenvalue weighted by Crippen LogP contribution is -2.04. The Morgan fingerprint density at radius 2 is 1.90 bits per heavy atom. The number of benzene rings is 2. The van der Waals surface area contributed by atoms with Crippen LogP contribution in [0.15, 0.2) is 53.9 Å². The van der Waals surface area contributed by atoms with Crippen molar-refractivity contribution in [1.82, 2.24) is 0 Å². The van der Waals surface area contributed by atoms with E-state index in [-0.39, 0.29) is 12.6 Å². The summed E-state index contributed by atoms with van der Waals surface area (Å²) >= 11 is 1.64. The molecule has 0 saturated heterocycles. The predicted molar refractivity (Wildman–Crippen MR) is 82.1 cm³/mol. The van der Waals surface area contributed by atoms with Gasteiger partial charge >= 0.3 is 5.97 Å². The van der Waals surface area contributed by atoms with Crippen LogP contribution in [0.2, 0.25) is 0 Å². The number of esters is 1. The molecule has 0 amide bonds. The number of nitriles is 1. The number of fused-ring (bicyclic) bond motifs is 1. The fourth-order valence-electron chi connectivity index (χ4n) is 2.05. The van der Waals surface area contributed by atoms with Crippen LogP contribution in [-0.4, -0.2) is 5.97 Å². The third-order valence-corrected chi connectivity index (χ3v) is 4.18. The number of hydrogen-bond donors (Lipinski definition) is 0. The summed E-state index contributed by atoms with van der Waals surface area (Å²) in [5.41, 5.74) is 1.99. The molecule has 0 fully saturated rings. The van der Waals surface area contributed by atoms with E-state index in [0.717, 1.165) is 10.9 Å². The van der Waals surface area contributed by atoms with Crippen LogP contribution < -0.4 is 0 Å². The summed E-state index contributed by atoms with van der Waals surface area (Å²) in [6.45, 7) is 0.253. The van der Waals surface area contributed by atoms with E-state index >= 15 is 0 Å². The average molecular weight is 293 g/mol. The minimum absolute atomic E-state index is 0.253. The highest BCUT2D eigenvalue weighted by Gasteiger charge is 2.09. The molecular weight excluding hydrogens is 282 g/mol. The summed E-state index contributed by atoms with van der Waals surface area (Å²) in [6, 6.07) is 16.5. The van der Waals surface area contributed by atoms with Gasteiger partial charge in [0.15, 0.2) is 0 Å². The second kappa shape index (κ2) is 5.78. The number of carbonyl (C=O) groups excluding carboxylic acids is 1. The standard InChI is InChI=1S/C17H11NO2S/c18-9-12-5-7-13(8-6-12)17(19)20-10-14-11-21-16-4-2-1-3-15(14)16/h1-8,11H,10H2. The average Bonchev–Trinajstić information content (AvgIpc) is 2.96. The molecule has 2 aromatic carbocycles. The molecule has 3 aromatic rings. The smallest absolute Gasteiger partial charge is 0.338 e. The van der Waals surface area contributed by atoms with Crippen molar-refractivity contribution in [3.05, 3.63) is 70.6 Å². The summed E-state index contributed by atoms with van der Waals surface area (Å²) in [6.07, 6.45) is 0. The van der Waals surface area contributed by atoms with Crippen molar-refractivity contribution >= 4 is 27.4 Å². The third kappa shape index (κ3) is 2.78. The Labute approximate surface area is 126 Å². The third-order valence-electron chi connectivity index (χ3n) is 3.17. The van der Waals surface area contributed by atoms with Crippen LogP contribution in [0.5, 0.6) is 0 Å². The van der Waals surface area contributed by atoms with Crippen LogP contribution >= 0.6 is 11.3 Å². The SMILES string of the molecule is N#Cc1ccc(C(=O)OCc2csc3ccccc23)cc1. The van der Waals surface area contributed by atoms with Crippen LogP contribution in [0, 0.1) is 11.3 Å². The van der Waals surface area contributed by atoms with Gasteiger partial charge in [0.05, 0.1) is 17.2 Å². The Hall–Kier alpha value is -2.64. The van der Waals surface area contributed by atoms with Crippen molar-refractivity contribution in [1.29, 1.82) is 5.26 Å². The fraction of sp³-hybridized carbons (Fsp3) is 0.0588. The zero-order valence-corrected chi connectivity index (χ0v) is 11.9. The highest BCUT2D eigenvalue weighted by Crippen LogP contribution is 2.26. The van der Waals surface area contributed by atoms with E-state index in [2.05, 4.69) is 0 Å². The van der Waals surface area contributed by atoms with Gasteiger partial charge in [0.25, 0.3) is 0 Å². The van der Waals surface area contributed by atoms with Crippen molar-refractivity contribution in [3.63, 3.8) is 0 Å². The van der Waals surface area contributed by atoms with Crippen LogP contribution in [0.1, 0.15) is 21.5 Å². The lowest BCUT2D eigenvalue weighted by molar-refractivity contribution is 0.0475. The summed E-state index contributed by atoms with van der Waals surface area (Å²) in [5.74, 6) is -0.380. The summed E-state index contributed by atoms with van der Waals surface area (Å²) < 4.78 is 6.52. The minimum Gasteiger partial charge on any atom is -0.457 e. The van der Waals surface area contributed by atoms with Gasteiger partial charge in [-0.1, -0.05) is 18.2 Å². The second-order valence-electron chi connectivity index (χ2n) is 4.52. The summed E-state index contributed by atoms with van der Waals surface area (Å²) in [7, 11) is 0. The lowest BCUT2D eigenvalue weighted by Gasteiger charge is -2.04. The molecule has 0 aliphatic carbocycles. The van der Waals surface area contributed by atoms with Crippen molar-refractivity contribution in [2.24, 2.45) is 0 Å². The second-order valence-corrected chi connectivity index (χ2v) is 5.43. The van der Waals surface area contributed by atoms with E-state index in [4.69, 9.17) is 10.00 Å². The maximum Gasteiger partial charge on any atom is 0.338 e. The number of hydrogen-bond acceptors (Lipinski definition) is 4. The van der Waals surface area contributed by atoms with Crippen LogP contribution in [0.25, 0.3) is 10.1 Å². The van der Waals surface area contributed by atoms with E-state index < -0.39 is 0 Å². The molecule has 0 spiro atoms. The van der Waals surface area contributed by atoms with E-state index in [1.54, 1.807) is 35.6 Å². The first-order chi connectivity index (χ1) is 10.3. The number of ether oxygens (including phenoxy) is 1. The van der Waals surface area contributed by atoms with Crippen LogP contribution in [0.3, 0.4) is 0 Å². The maximum atomic E-state index is 12.0. The highest BCUT2D eigenvalue weighted by molar-refractivity contribution is 7.17. The van der Waals surface area contributed by atoms with Crippen molar-refractivity contribution in [2.75, 3.05) is 0 Å². The Morgan fingerprint density at radius 3 is 2.67 bits per heavy atom. The normalized spacial score (nSPS) is 10.2. The van der Waals surface area contributed by atoms with Gasteiger partial charge in [0, 0.05) is 10.3 Å². The van der Waals surface area contributed by atoms with Gasteiger partial charge in [-0.2, -0.15) is 5.26 Å². The van der Waals surface area contributed by atoms with E-state index in [0.29, 0.717) is 11.1 Å². The van der Waals surface area contributed by atoms with Gasteiger partial charge in [-0.05, 0) is 41.1 Å². The van der Waals surface area contributed by atoms with Crippen LogP contribution in [0.4, 0.5) is 0 Å². The maximum absolute atomic E-state index is 12.0. The van der Waals surface area contributed by atoms with Crippen LogP contribution in [-0.2, 0) is 11.3 Å². The number of rotatable bonds is 3. The van der Waals surface area contributed by atoms with Gasteiger partial charge in [-0.3, -0.25) is 0 Å². The number of thiophene rings is 1.